The van der Waals surface area contributed by atoms with E-state index < -0.39 is 0 Å². The average Bonchev–Trinajstić information content (AvgIpc) is 2.90. The lowest BCUT2D eigenvalue weighted by atomic mass is 10.1. The Morgan fingerprint density at radius 2 is 2.05 bits per heavy atom. The smallest absolute Gasteiger partial charge is 0.178 e. The van der Waals surface area contributed by atoms with Gasteiger partial charge in [0.05, 0.1) is 22.8 Å². The molecule has 1 unspecified atom stereocenters. The summed E-state index contributed by atoms with van der Waals surface area (Å²) in [4.78, 5) is 3.28. The summed E-state index contributed by atoms with van der Waals surface area (Å²) < 4.78 is 8.16. The van der Waals surface area contributed by atoms with Crippen LogP contribution < -0.4 is 0 Å². The molecule has 0 saturated carbocycles. The highest BCUT2D eigenvalue weighted by molar-refractivity contribution is 7.71. The highest BCUT2D eigenvalue weighted by atomic mass is 32.1. The minimum absolute atomic E-state index is 0.0867. The van der Waals surface area contributed by atoms with E-state index in [2.05, 4.69) is 40.7 Å². The second-order valence-electron chi connectivity index (χ2n) is 5.19. The van der Waals surface area contributed by atoms with Crippen molar-refractivity contribution in [2.75, 3.05) is 0 Å². The molecule has 0 radical (unpaired) electrons. The van der Waals surface area contributed by atoms with E-state index in [1.54, 1.807) is 0 Å². The second-order valence-corrected chi connectivity index (χ2v) is 5.57. The van der Waals surface area contributed by atoms with E-state index in [-0.39, 0.29) is 6.04 Å². The van der Waals surface area contributed by atoms with E-state index in [1.165, 1.54) is 5.56 Å². The Labute approximate surface area is 122 Å². The van der Waals surface area contributed by atoms with Crippen LogP contribution in [0.5, 0.6) is 0 Å². The maximum absolute atomic E-state index is 5.51. The van der Waals surface area contributed by atoms with E-state index >= 15 is 0 Å². The lowest BCUT2D eigenvalue weighted by Crippen LogP contribution is -2.09. The van der Waals surface area contributed by atoms with Gasteiger partial charge in [-0.15, -0.1) is 0 Å². The molecule has 1 atom stereocenters. The Bertz CT molecular complexity index is 821. The van der Waals surface area contributed by atoms with E-state index in [1.807, 2.05) is 19.9 Å². The number of hydrogen-bond acceptors (Lipinski definition) is 3. The fourth-order valence-electron chi connectivity index (χ4n) is 2.94. The predicted molar refractivity (Wildman–Crippen MR) is 81.6 cm³/mol. The van der Waals surface area contributed by atoms with Gasteiger partial charge in [0.25, 0.3) is 0 Å². The summed E-state index contributed by atoms with van der Waals surface area (Å²) >= 11 is 5.51. The summed E-state index contributed by atoms with van der Waals surface area (Å²) in [5.41, 5.74) is 5.43. The third kappa shape index (κ3) is 1.81. The van der Waals surface area contributed by atoms with Crippen molar-refractivity contribution < 1.29 is 4.52 Å². The predicted octanol–water partition coefficient (Wildman–Crippen LogP) is 4.22. The van der Waals surface area contributed by atoms with Gasteiger partial charge in [-0.3, -0.25) is 0 Å². The maximum Gasteiger partial charge on any atom is 0.178 e. The van der Waals surface area contributed by atoms with Crippen molar-refractivity contribution in [2.24, 2.45) is 0 Å². The van der Waals surface area contributed by atoms with Crippen molar-refractivity contribution in [1.82, 2.24) is 14.7 Å². The van der Waals surface area contributed by atoms with Crippen molar-refractivity contribution in [1.29, 1.82) is 0 Å². The van der Waals surface area contributed by atoms with Gasteiger partial charge >= 0.3 is 0 Å². The van der Waals surface area contributed by atoms with Crippen molar-refractivity contribution in [2.45, 2.75) is 33.7 Å². The minimum atomic E-state index is 0.0867. The molecule has 3 rings (SSSR count). The number of nitrogens with zero attached hydrogens (tertiary/aromatic N) is 2. The normalized spacial score (nSPS) is 13.0. The number of benzene rings is 1. The Morgan fingerprint density at radius 1 is 1.30 bits per heavy atom. The first-order valence-corrected chi connectivity index (χ1v) is 7.04. The summed E-state index contributed by atoms with van der Waals surface area (Å²) in [6.45, 7) is 8.13. The molecule has 0 spiro atoms. The molecule has 0 aliphatic carbocycles. The number of fused-ring (bicyclic) bond motifs is 1. The number of aromatic amines is 1. The van der Waals surface area contributed by atoms with Crippen LogP contribution in [0.4, 0.5) is 0 Å². The summed E-state index contributed by atoms with van der Waals surface area (Å²) in [6, 6.07) is 6.27. The number of H-pyrrole nitrogens is 1. The zero-order chi connectivity index (χ0) is 14.4. The molecule has 0 bridgehead atoms. The van der Waals surface area contributed by atoms with Crippen LogP contribution in [0.15, 0.2) is 22.7 Å². The number of aryl methyl sites for hydroxylation is 3. The van der Waals surface area contributed by atoms with Crippen molar-refractivity contribution in [3.63, 3.8) is 0 Å². The SMILES string of the molecule is Cc1noc(C)c1C(C)n1c(=S)[nH]c2cccc(C)c21. The molecule has 0 saturated heterocycles. The van der Waals surface area contributed by atoms with E-state index in [4.69, 9.17) is 16.7 Å². The fraction of sp³-hybridized carbons (Fsp3) is 0.333. The highest BCUT2D eigenvalue weighted by Gasteiger charge is 2.21. The topological polar surface area (TPSA) is 46.8 Å². The first-order chi connectivity index (χ1) is 9.50. The lowest BCUT2D eigenvalue weighted by Gasteiger charge is -2.15. The quantitative estimate of drug-likeness (QED) is 0.718. The molecule has 5 heteroatoms. The van der Waals surface area contributed by atoms with Crippen molar-refractivity contribution >= 4 is 23.3 Å². The molecule has 2 aromatic heterocycles. The summed E-state index contributed by atoms with van der Waals surface area (Å²) in [6.07, 6.45) is 0. The number of rotatable bonds is 2. The second kappa shape index (κ2) is 4.59. The molecule has 20 heavy (non-hydrogen) atoms. The number of para-hydroxylation sites is 1. The van der Waals surface area contributed by atoms with Gasteiger partial charge in [0, 0.05) is 5.56 Å². The Balaban J connectivity index is 2.30. The van der Waals surface area contributed by atoms with Gasteiger partial charge in [-0.2, -0.15) is 0 Å². The molecule has 1 N–H and O–H groups in total. The van der Waals surface area contributed by atoms with Gasteiger partial charge in [-0.05, 0) is 51.5 Å². The van der Waals surface area contributed by atoms with Crippen LogP contribution in [-0.2, 0) is 0 Å². The van der Waals surface area contributed by atoms with E-state index in [0.29, 0.717) is 0 Å². The molecule has 1 aromatic carbocycles. The number of imidazole rings is 1. The third-order valence-corrected chi connectivity index (χ3v) is 4.13. The monoisotopic (exact) mass is 287 g/mol. The largest absolute Gasteiger partial charge is 0.361 e. The lowest BCUT2D eigenvalue weighted by molar-refractivity contribution is 0.391. The standard InChI is InChI=1S/C15H17N3OS/c1-8-6-5-7-12-14(8)18(15(20)16-12)10(3)13-9(2)17-19-11(13)4/h5-7,10H,1-4H3,(H,16,20). The van der Waals surface area contributed by atoms with E-state index in [9.17, 15) is 0 Å². The van der Waals surface area contributed by atoms with Crippen LogP contribution in [0, 0.1) is 25.5 Å². The molecule has 0 amide bonds. The summed E-state index contributed by atoms with van der Waals surface area (Å²) in [7, 11) is 0. The van der Waals surface area contributed by atoms with Crippen molar-refractivity contribution in [3.8, 4) is 0 Å². The zero-order valence-corrected chi connectivity index (χ0v) is 12.8. The average molecular weight is 287 g/mol. The molecule has 2 heterocycles. The van der Waals surface area contributed by atoms with Gasteiger partial charge in [0.15, 0.2) is 4.77 Å². The highest BCUT2D eigenvalue weighted by Crippen LogP contribution is 2.29. The molecule has 4 nitrogen and oxygen atoms in total. The van der Waals surface area contributed by atoms with Gasteiger partial charge in [0.1, 0.15) is 5.76 Å². The molecular formula is C15H17N3OS. The molecule has 0 fully saturated rings. The first-order valence-electron chi connectivity index (χ1n) is 6.63. The molecule has 104 valence electrons. The zero-order valence-electron chi connectivity index (χ0n) is 12.0. The van der Waals surface area contributed by atoms with Crippen LogP contribution in [0.25, 0.3) is 11.0 Å². The maximum atomic E-state index is 5.51. The number of nitrogens with one attached hydrogen (secondary N) is 1. The van der Waals surface area contributed by atoms with Crippen LogP contribution in [0.2, 0.25) is 0 Å². The van der Waals surface area contributed by atoms with Crippen LogP contribution in [-0.4, -0.2) is 14.7 Å². The molecular weight excluding hydrogens is 270 g/mol. The third-order valence-electron chi connectivity index (χ3n) is 3.83. The van der Waals surface area contributed by atoms with Crippen molar-refractivity contribution in [3.05, 3.63) is 45.6 Å². The summed E-state index contributed by atoms with van der Waals surface area (Å²) in [5, 5.41) is 4.05. The van der Waals surface area contributed by atoms with Gasteiger partial charge < -0.3 is 14.1 Å². The van der Waals surface area contributed by atoms with Crippen LogP contribution in [0.1, 0.15) is 35.5 Å². The number of aromatic nitrogens is 3. The van der Waals surface area contributed by atoms with E-state index in [0.717, 1.165) is 32.8 Å². The van der Waals surface area contributed by atoms with Crippen LogP contribution in [0.3, 0.4) is 0 Å². The molecule has 3 aromatic rings. The minimum Gasteiger partial charge on any atom is -0.361 e. The summed E-state index contributed by atoms with van der Waals surface area (Å²) in [5.74, 6) is 0.847. The molecule has 0 aliphatic rings. The van der Waals surface area contributed by atoms with Gasteiger partial charge in [-0.25, -0.2) is 0 Å². The number of hydrogen-bond donors (Lipinski definition) is 1. The Hall–Kier alpha value is -1.88. The fourth-order valence-corrected chi connectivity index (χ4v) is 3.30. The van der Waals surface area contributed by atoms with Crippen LogP contribution >= 0.6 is 12.2 Å². The Morgan fingerprint density at radius 3 is 2.70 bits per heavy atom. The molecule has 0 aliphatic heterocycles. The Kier molecular flexibility index (Phi) is 3.01. The first kappa shape index (κ1) is 13.1. The van der Waals surface area contributed by atoms with Gasteiger partial charge in [-0.1, -0.05) is 17.3 Å². The van der Waals surface area contributed by atoms with Gasteiger partial charge in [0.2, 0.25) is 0 Å².